The van der Waals surface area contributed by atoms with Gasteiger partial charge in [0.1, 0.15) is 17.3 Å². The molecule has 2 N–H and O–H groups in total. The maximum atomic E-state index is 12.1. The Kier molecular flexibility index (Phi) is 5.00. The zero-order valence-electron chi connectivity index (χ0n) is 15.7. The zero-order valence-corrected chi connectivity index (χ0v) is 15.7. The number of carbonyl (C=O) groups excluding carboxylic acids is 2. The number of Topliss-reactive ketones (excluding diaryl/α,β-unsaturated/α-hetero) is 1. The second-order valence-electron chi connectivity index (χ2n) is 8.41. The predicted molar refractivity (Wildman–Crippen MR) is 97.2 cm³/mol. The molecule has 1 atom stereocenters. The molecular formula is C21H28O5. The summed E-state index contributed by atoms with van der Waals surface area (Å²) in [5.74, 6) is 0.401. The molecule has 0 heterocycles. The van der Waals surface area contributed by atoms with Crippen LogP contribution in [0.4, 0.5) is 0 Å². The number of ether oxygens (including phenoxy) is 1. The number of hydrogen-bond donors (Lipinski definition) is 2. The van der Waals surface area contributed by atoms with Gasteiger partial charge < -0.3 is 14.9 Å². The van der Waals surface area contributed by atoms with Crippen LogP contribution in [-0.2, 0) is 19.7 Å². The molecule has 4 rings (SSSR count). The number of rotatable bonds is 6. The fourth-order valence-corrected chi connectivity index (χ4v) is 4.26. The molecule has 0 saturated heterocycles. The van der Waals surface area contributed by atoms with E-state index in [1.54, 1.807) is 12.1 Å². The van der Waals surface area contributed by atoms with E-state index in [-0.39, 0.29) is 41.5 Å². The van der Waals surface area contributed by atoms with Crippen molar-refractivity contribution in [1.29, 1.82) is 0 Å². The van der Waals surface area contributed by atoms with E-state index < -0.39 is 5.41 Å². The van der Waals surface area contributed by atoms with Gasteiger partial charge in [0.25, 0.3) is 0 Å². The number of esters is 1. The van der Waals surface area contributed by atoms with Gasteiger partial charge in [0.15, 0.2) is 0 Å². The molecule has 0 radical (unpaired) electrons. The lowest BCUT2D eigenvalue weighted by Gasteiger charge is -2.45. The Morgan fingerprint density at radius 1 is 1.23 bits per heavy atom. The highest BCUT2D eigenvalue weighted by atomic mass is 16.5. The molecule has 3 fully saturated rings. The summed E-state index contributed by atoms with van der Waals surface area (Å²) in [5.41, 5.74) is 0.579. The number of hydrogen-bond acceptors (Lipinski definition) is 5. The minimum Gasteiger partial charge on any atom is -0.508 e. The molecule has 2 bridgehead atoms. The van der Waals surface area contributed by atoms with E-state index in [2.05, 4.69) is 0 Å². The highest BCUT2D eigenvalue weighted by Crippen LogP contribution is 2.55. The van der Waals surface area contributed by atoms with Gasteiger partial charge in [-0.05, 0) is 42.9 Å². The van der Waals surface area contributed by atoms with Gasteiger partial charge >= 0.3 is 5.97 Å². The molecule has 3 saturated carbocycles. The number of benzene rings is 1. The summed E-state index contributed by atoms with van der Waals surface area (Å²) in [4.78, 5) is 24.0. The van der Waals surface area contributed by atoms with Crippen molar-refractivity contribution in [3.8, 4) is 11.5 Å². The lowest BCUT2D eigenvalue weighted by Crippen LogP contribution is -2.41. The fourth-order valence-electron chi connectivity index (χ4n) is 4.26. The lowest BCUT2D eigenvalue weighted by atomic mass is 9.57. The van der Waals surface area contributed by atoms with E-state index in [0.29, 0.717) is 30.1 Å². The standard InChI is InChI=1S/C21H28O5/c1-4-5-26-19(25)11-21(2,3)14-8-17(23)20(18(24)9-14)15-10-16(22)13-6-12(15)7-13/h8-9,12-13,15,23-24H,4-7,10-11H2,1-3H3/t12-,13+,15-/m1/s1. The average molecular weight is 360 g/mol. The van der Waals surface area contributed by atoms with Gasteiger partial charge in [0.05, 0.1) is 13.0 Å². The molecule has 3 aliphatic carbocycles. The number of carbonyl (C=O) groups is 2. The quantitative estimate of drug-likeness (QED) is 0.754. The lowest BCUT2D eigenvalue weighted by molar-refractivity contribution is -0.145. The molecule has 142 valence electrons. The Hall–Kier alpha value is -2.04. The minimum absolute atomic E-state index is 0.0122. The van der Waals surface area contributed by atoms with E-state index >= 15 is 0 Å². The van der Waals surface area contributed by atoms with Gasteiger partial charge in [-0.3, -0.25) is 9.59 Å². The van der Waals surface area contributed by atoms with Gasteiger partial charge in [-0.2, -0.15) is 0 Å². The maximum absolute atomic E-state index is 12.1. The van der Waals surface area contributed by atoms with Gasteiger partial charge in [-0.1, -0.05) is 20.8 Å². The largest absolute Gasteiger partial charge is 0.508 e. The number of aromatic hydroxyl groups is 2. The molecule has 0 spiro atoms. The van der Waals surface area contributed by atoms with Crippen molar-refractivity contribution in [2.75, 3.05) is 6.61 Å². The number of phenols is 2. The Morgan fingerprint density at radius 2 is 1.85 bits per heavy atom. The molecule has 5 nitrogen and oxygen atoms in total. The second-order valence-corrected chi connectivity index (χ2v) is 8.41. The first-order valence-electron chi connectivity index (χ1n) is 9.47. The van der Waals surface area contributed by atoms with E-state index in [9.17, 15) is 19.8 Å². The van der Waals surface area contributed by atoms with Crippen molar-refractivity contribution in [3.63, 3.8) is 0 Å². The smallest absolute Gasteiger partial charge is 0.306 e. The summed E-state index contributed by atoms with van der Waals surface area (Å²) >= 11 is 0. The third-order valence-corrected chi connectivity index (χ3v) is 5.96. The monoisotopic (exact) mass is 360 g/mol. The molecule has 0 amide bonds. The van der Waals surface area contributed by atoms with Crippen LogP contribution >= 0.6 is 0 Å². The van der Waals surface area contributed by atoms with E-state index in [1.165, 1.54) is 0 Å². The van der Waals surface area contributed by atoms with Crippen LogP contribution in [0, 0.1) is 11.8 Å². The summed E-state index contributed by atoms with van der Waals surface area (Å²) in [6, 6.07) is 3.24. The second kappa shape index (κ2) is 6.93. The van der Waals surface area contributed by atoms with Gasteiger partial charge in [-0.15, -0.1) is 0 Å². The first-order valence-corrected chi connectivity index (χ1v) is 9.47. The van der Waals surface area contributed by atoms with Crippen molar-refractivity contribution in [2.24, 2.45) is 11.8 Å². The van der Waals surface area contributed by atoms with Crippen molar-refractivity contribution in [2.45, 2.75) is 64.2 Å². The molecule has 0 unspecified atom stereocenters. The SMILES string of the molecule is CCCOC(=O)CC(C)(C)c1cc(O)c([C@@H]2CC(=O)[C@H]3C[C@@H]2C3)c(O)c1. The summed E-state index contributed by atoms with van der Waals surface area (Å²) in [7, 11) is 0. The molecule has 5 heteroatoms. The molecule has 3 aliphatic rings. The van der Waals surface area contributed by atoms with Crippen molar-refractivity contribution < 1.29 is 24.5 Å². The normalized spacial score (nSPS) is 24.9. The van der Waals surface area contributed by atoms with Crippen molar-refractivity contribution in [1.82, 2.24) is 0 Å². The molecule has 1 aromatic rings. The van der Waals surface area contributed by atoms with Gasteiger partial charge in [0.2, 0.25) is 0 Å². The first kappa shape index (κ1) is 18.7. The topological polar surface area (TPSA) is 83.8 Å². The minimum atomic E-state index is -0.581. The van der Waals surface area contributed by atoms with Crippen LogP contribution in [-0.4, -0.2) is 28.6 Å². The number of ketones is 1. The van der Waals surface area contributed by atoms with Crippen LogP contribution in [0.25, 0.3) is 0 Å². The average Bonchev–Trinajstić information content (AvgIpc) is 2.50. The molecule has 26 heavy (non-hydrogen) atoms. The van der Waals surface area contributed by atoms with Gasteiger partial charge in [-0.25, -0.2) is 0 Å². The van der Waals surface area contributed by atoms with E-state index in [0.717, 1.165) is 19.3 Å². The van der Waals surface area contributed by atoms with Crippen LogP contribution in [0.5, 0.6) is 11.5 Å². The highest BCUT2D eigenvalue weighted by Gasteiger charge is 2.47. The molecule has 0 aliphatic heterocycles. The summed E-state index contributed by atoms with van der Waals surface area (Å²) < 4.78 is 5.16. The van der Waals surface area contributed by atoms with E-state index in [4.69, 9.17) is 4.74 Å². The summed E-state index contributed by atoms with van der Waals surface area (Å²) in [5, 5.41) is 21.2. The third kappa shape index (κ3) is 3.44. The number of fused-ring (bicyclic) bond motifs is 2. The van der Waals surface area contributed by atoms with E-state index in [1.807, 2.05) is 20.8 Å². The summed E-state index contributed by atoms with van der Waals surface area (Å²) in [6.45, 7) is 6.10. The Bertz CT molecular complexity index is 692. The maximum Gasteiger partial charge on any atom is 0.306 e. The molecular weight excluding hydrogens is 332 g/mol. The zero-order chi connectivity index (χ0) is 19.1. The molecule has 1 aromatic carbocycles. The summed E-state index contributed by atoms with van der Waals surface area (Å²) in [6.07, 6.45) is 3.04. The highest BCUT2D eigenvalue weighted by molar-refractivity contribution is 5.85. The fraction of sp³-hybridized carbons (Fsp3) is 0.619. The van der Waals surface area contributed by atoms with Crippen LogP contribution in [0.3, 0.4) is 0 Å². The van der Waals surface area contributed by atoms with Crippen molar-refractivity contribution in [3.05, 3.63) is 23.3 Å². The first-order chi connectivity index (χ1) is 12.2. The van der Waals surface area contributed by atoms with Crippen LogP contribution in [0.2, 0.25) is 0 Å². The van der Waals surface area contributed by atoms with Crippen LogP contribution in [0.15, 0.2) is 12.1 Å². The Labute approximate surface area is 154 Å². The van der Waals surface area contributed by atoms with Crippen molar-refractivity contribution >= 4 is 11.8 Å². The van der Waals surface area contributed by atoms with Gasteiger partial charge in [0, 0.05) is 29.2 Å². The molecule has 0 aromatic heterocycles. The Morgan fingerprint density at radius 3 is 2.38 bits per heavy atom. The number of phenolic OH excluding ortho intramolecular Hbond substituents is 2. The van der Waals surface area contributed by atoms with Crippen LogP contribution < -0.4 is 0 Å². The van der Waals surface area contributed by atoms with Crippen LogP contribution in [0.1, 0.15) is 69.9 Å². The third-order valence-electron chi connectivity index (χ3n) is 5.96. The Balaban J connectivity index is 1.82. The predicted octanol–water partition coefficient (Wildman–Crippen LogP) is 3.80.